The summed E-state index contributed by atoms with van der Waals surface area (Å²) in [6.45, 7) is 0. The van der Waals surface area contributed by atoms with Gasteiger partial charge in [-0.3, -0.25) is 4.79 Å². The minimum absolute atomic E-state index is 0.0636. The van der Waals surface area contributed by atoms with Gasteiger partial charge in [-0.05, 0) is 31.4 Å². The Bertz CT molecular complexity index is 446. The van der Waals surface area contributed by atoms with Gasteiger partial charge in [0, 0.05) is 13.2 Å². The highest BCUT2D eigenvalue weighted by Gasteiger charge is 2.41. The summed E-state index contributed by atoms with van der Waals surface area (Å²) in [4.78, 5) is 16.2. The van der Waals surface area contributed by atoms with E-state index in [-0.39, 0.29) is 18.1 Å². The molecular weight excluding hydrogens is 230 g/mol. The number of ether oxygens (including phenoxy) is 1. The summed E-state index contributed by atoms with van der Waals surface area (Å²) in [5.74, 6) is 0.695. The van der Waals surface area contributed by atoms with Crippen LogP contribution in [0, 0.1) is 0 Å². The van der Waals surface area contributed by atoms with Crippen LogP contribution < -0.4 is 10.6 Å². The Hall–Kier alpha value is -1.62. The Morgan fingerprint density at radius 1 is 1.44 bits per heavy atom. The molecule has 3 heterocycles. The van der Waals surface area contributed by atoms with Crippen LogP contribution in [0.5, 0.6) is 0 Å². The molecule has 0 radical (unpaired) electrons. The van der Waals surface area contributed by atoms with Gasteiger partial charge < -0.3 is 15.4 Å². The minimum Gasteiger partial charge on any atom is -0.373 e. The van der Waals surface area contributed by atoms with E-state index in [9.17, 15) is 4.79 Å². The van der Waals surface area contributed by atoms with E-state index < -0.39 is 0 Å². The first kappa shape index (κ1) is 11.5. The number of carbonyl (C=O) groups is 1. The number of carbonyl (C=O) groups excluding carboxylic acids is 1. The Kier molecular flexibility index (Phi) is 2.91. The molecule has 0 aliphatic carbocycles. The zero-order valence-corrected chi connectivity index (χ0v) is 10.3. The minimum atomic E-state index is -0.0636. The van der Waals surface area contributed by atoms with Gasteiger partial charge in [-0.2, -0.15) is 0 Å². The number of hydrogen-bond acceptors (Lipinski definition) is 4. The van der Waals surface area contributed by atoms with Gasteiger partial charge in [0.1, 0.15) is 5.82 Å². The molecule has 1 amide bonds. The van der Waals surface area contributed by atoms with Gasteiger partial charge in [0.05, 0.1) is 23.8 Å². The molecule has 2 N–H and O–H groups in total. The van der Waals surface area contributed by atoms with Crippen LogP contribution in [0.1, 0.15) is 29.6 Å². The van der Waals surface area contributed by atoms with Crippen molar-refractivity contribution in [1.29, 1.82) is 0 Å². The topological polar surface area (TPSA) is 63.2 Å². The predicted octanol–water partition coefficient (Wildman–Crippen LogP) is 1.17. The van der Waals surface area contributed by atoms with Crippen molar-refractivity contribution < 1.29 is 9.53 Å². The molecule has 0 spiro atoms. The van der Waals surface area contributed by atoms with Gasteiger partial charge in [-0.25, -0.2) is 4.98 Å². The molecule has 3 atom stereocenters. The van der Waals surface area contributed by atoms with Crippen molar-refractivity contribution >= 4 is 11.7 Å². The van der Waals surface area contributed by atoms with Crippen LogP contribution in [0.4, 0.5) is 5.82 Å². The molecule has 2 aliphatic rings. The normalized spacial score (nSPS) is 29.3. The highest BCUT2D eigenvalue weighted by atomic mass is 16.5. The van der Waals surface area contributed by atoms with Gasteiger partial charge >= 0.3 is 0 Å². The maximum Gasteiger partial charge on any atom is 0.253 e. The van der Waals surface area contributed by atoms with E-state index in [1.165, 1.54) is 0 Å². The number of fused-ring (bicyclic) bond motifs is 2. The van der Waals surface area contributed by atoms with Crippen LogP contribution in [-0.2, 0) is 4.74 Å². The van der Waals surface area contributed by atoms with E-state index in [0.29, 0.717) is 11.7 Å². The first-order valence-electron chi connectivity index (χ1n) is 6.36. The SMILES string of the molecule is CNc1ccc(C(=O)NC2CC3CCC2O3)cn1. The number of pyridine rings is 1. The summed E-state index contributed by atoms with van der Waals surface area (Å²) in [6.07, 6.45) is 5.30. The summed E-state index contributed by atoms with van der Waals surface area (Å²) in [5.41, 5.74) is 0.594. The smallest absolute Gasteiger partial charge is 0.253 e. The molecule has 3 unspecified atom stereocenters. The highest BCUT2D eigenvalue weighted by molar-refractivity contribution is 5.94. The third-order valence-corrected chi connectivity index (χ3v) is 3.70. The Morgan fingerprint density at radius 2 is 2.33 bits per heavy atom. The van der Waals surface area contributed by atoms with Crippen LogP contribution in [0.3, 0.4) is 0 Å². The lowest BCUT2D eigenvalue weighted by atomic mass is 9.95. The van der Waals surface area contributed by atoms with Crippen molar-refractivity contribution in [2.45, 2.75) is 37.5 Å². The average Bonchev–Trinajstić information content (AvgIpc) is 3.01. The first-order valence-corrected chi connectivity index (χ1v) is 6.36. The largest absolute Gasteiger partial charge is 0.373 e. The van der Waals surface area contributed by atoms with Gasteiger partial charge in [0.15, 0.2) is 0 Å². The zero-order valence-electron chi connectivity index (χ0n) is 10.3. The fourth-order valence-corrected chi connectivity index (χ4v) is 2.72. The number of hydrogen-bond donors (Lipinski definition) is 2. The molecule has 5 heteroatoms. The fourth-order valence-electron chi connectivity index (χ4n) is 2.72. The lowest BCUT2D eigenvalue weighted by Gasteiger charge is -2.19. The molecule has 0 saturated carbocycles. The zero-order chi connectivity index (χ0) is 12.5. The molecule has 2 fully saturated rings. The standard InChI is InChI=1S/C13H17N3O2/c1-14-12-5-2-8(7-15-12)13(17)16-10-6-9-3-4-11(10)18-9/h2,5,7,9-11H,3-4,6H2,1H3,(H,14,15)(H,16,17). The number of amides is 1. The molecule has 96 valence electrons. The molecule has 5 nitrogen and oxygen atoms in total. The van der Waals surface area contributed by atoms with Crippen molar-refractivity contribution in [3.05, 3.63) is 23.9 Å². The Morgan fingerprint density at radius 3 is 2.89 bits per heavy atom. The summed E-state index contributed by atoms with van der Waals surface area (Å²) in [5, 5.41) is 5.97. The monoisotopic (exact) mass is 247 g/mol. The van der Waals surface area contributed by atoms with E-state index in [4.69, 9.17) is 4.74 Å². The van der Waals surface area contributed by atoms with Crippen molar-refractivity contribution in [1.82, 2.24) is 10.3 Å². The second-order valence-electron chi connectivity index (χ2n) is 4.87. The lowest BCUT2D eigenvalue weighted by Crippen LogP contribution is -2.41. The molecule has 18 heavy (non-hydrogen) atoms. The van der Waals surface area contributed by atoms with E-state index >= 15 is 0 Å². The first-order chi connectivity index (χ1) is 8.76. The summed E-state index contributed by atoms with van der Waals surface area (Å²) in [6, 6.07) is 3.74. The van der Waals surface area contributed by atoms with E-state index in [1.54, 1.807) is 25.4 Å². The van der Waals surface area contributed by atoms with Gasteiger partial charge in [-0.15, -0.1) is 0 Å². The maximum atomic E-state index is 12.0. The molecular formula is C13H17N3O2. The van der Waals surface area contributed by atoms with Crippen LogP contribution in [0.15, 0.2) is 18.3 Å². The third-order valence-electron chi connectivity index (χ3n) is 3.70. The van der Waals surface area contributed by atoms with E-state index in [0.717, 1.165) is 25.1 Å². The maximum absolute atomic E-state index is 12.0. The second-order valence-corrected chi connectivity index (χ2v) is 4.87. The molecule has 3 rings (SSSR count). The van der Waals surface area contributed by atoms with Gasteiger partial charge in [0.2, 0.25) is 0 Å². The predicted molar refractivity (Wildman–Crippen MR) is 67.5 cm³/mol. The van der Waals surface area contributed by atoms with Crippen LogP contribution in [0.2, 0.25) is 0 Å². The number of nitrogens with zero attached hydrogens (tertiary/aromatic N) is 1. The Balaban J connectivity index is 1.64. The van der Waals surface area contributed by atoms with Gasteiger partial charge in [-0.1, -0.05) is 0 Å². The summed E-state index contributed by atoms with van der Waals surface area (Å²) in [7, 11) is 1.80. The van der Waals surface area contributed by atoms with Gasteiger partial charge in [0.25, 0.3) is 5.91 Å². The molecule has 1 aromatic heterocycles. The number of aromatic nitrogens is 1. The molecule has 0 aromatic carbocycles. The van der Waals surface area contributed by atoms with Crippen molar-refractivity contribution in [3.63, 3.8) is 0 Å². The average molecular weight is 247 g/mol. The van der Waals surface area contributed by atoms with E-state index in [1.807, 2.05) is 0 Å². The third kappa shape index (κ3) is 2.06. The number of anilines is 1. The van der Waals surface area contributed by atoms with E-state index in [2.05, 4.69) is 15.6 Å². The van der Waals surface area contributed by atoms with Crippen molar-refractivity contribution in [2.75, 3.05) is 12.4 Å². The number of nitrogens with one attached hydrogen (secondary N) is 2. The molecule has 2 saturated heterocycles. The van der Waals surface area contributed by atoms with Crippen molar-refractivity contribution in [2.24, 2.45) is 0 Å². The summed E-state index contributed by atoms with van der Waals surface area (Å²) < 4.78 is 5.72. The molecule has 2 bridgehead atoms. The summed E-state index contributed by atoms with van der Waals surface area (Å²) >= 11 is 0. The number of rotatable bonds is 3. The second kappa shape index (κ2) is 4.57. The molecule has 1 aromatic rings. The Labute approximate surface area is 106 Å². The van der Waals surface area contributed by atoms with Crippen LogP contribution in [-0.4, -0.2) is 36.2 Å². The highest BCUT2D eigenvalue weighted by Crippen LogP contribution is 2.34. The van der Waals surface area contributed by atoms with Crippen LogP contribution >= 0.6 is 0 Å². The lowest BCUT2D eigenvalue weighted by molar-refractivity contribution is 0.0840. The quantitative estimate of drug-likeness (QED) is 0.841. The van der Waals surface area contributed by atoms with Crippen molar-refractivity contribution in [3.8, 4) is 0 Å². The van der Waals surface area contributed by atoms with Crippen LogP contribution in [0.25, 0.3) is 0 Å². The molecule has 2 aliphatic heterocycles. The fraction of sp³-hybridized carbons (Fsp3) is 0.538.